The zero-order chi connectivity index (χ0) is 13.9. The number of nitrogen functional groups attached to an aromatic ring is 1. The fourth-order valence-electron chi connectivity index (χ4n) is 1.98. The van der Waals surface area contributed by atoms with Gasteiger partial charge in [-0.15, -0.1) is 0 Å². The molecule has 0 aliphatic carbocycles. The zero-order valence-corrected chi connectivity index (χ0v) is 11.2. The molecule has 0 unspecified atom stereocenters. The van der Waals surface area contributed by atoms with E-state index < -0.39 is 0 Å². The van der Waals surface area contributed by atoms with E-state index in [0.717, 1.165) is 22.4 Å². The topological polar surface area (TPSA) is 64.7 Å². The normalized spacial score (nSPS) is 10.4. The number of halogens is 1. The van der Waals surface area contributed by atoms with Crippen LogP contribution >= 0.6 is 11.6 Å². The van der Waals surface area contributed by atoms with E-state index in [4.69, 9.17) is 17.3 Å². The molecule has 0 aliphatic heterocycles. The van der Waals surface area contributed by atoms with Gasteiger partial charge in [-0.25, -0.2) is 4.98 Å². The number of hydrogen-bond donors (Lipinski definition) is 1. The summed E-state index contributed by atoms with van der Waals surface area (Å²) in [6, 6.07) is 9.43. The van der Waals surface area contributed by atoms with Gasteiger partial charge in [0.15, 0.2) is 0 Å². The van der Waals surface area contributed by atoms with Gasteiger partial charge in [-0.05, 0) is 35.9 Å². The Kier molecular flexibility index (Phi) is 3.31. The van der Waals surface area contributed by atoms with Crippen LogP contribution in [0.2, 0.25) is 5.02 Å². The summed E-state index contributed by atoms with van der Waals surface area (Å²) in [7, 11) is 0. The minimum atomic E-state index is 0.309. The van der Waals surface area contributed by atoms with E-state index in [1.165, 1.54) is 0 Å². The molecule has 3 aromatic rings. The Labute approximate surface area is 121 Å². The molecule has 3 aromatic heterocycles. The second kappa shape index (κ2) is 5.27. The first-order valence-electron chi connectivity index (χ1n) is 6.02. The number of nitrogens with two attached hydrogens (primary N) is 1. The van der Waals surface area contributed by atoms with Crippen LogP contribution in [0.15, 0.2) is 55.1 Å². The first kappa shape index (κ1) is 12.6. The number of hydrogen-bond acceptors (Lipinski definition) is 4. The van der Waals surface area contributed by atoms with Gasteiger partial charge in [-0.3, -0.25) is 9.97 Å². The number of nitrogens with zero attached hydrogens (tertiary/aromatic N) is 3. The Balaban J connectivity index is 2.26. The van der Waals surface area contributed by atoms with Crippen molar-refractivity contribution in [3.63, 3.8) is 0 Å². The molecule has 0 saturated carbocycles. The van der Waals surface area contributed by atoms with Crippen LogP contribution in [-0.4, -0.2) is 15.0 Å². The number of pyridine rings is 3. The van der Waals surface area contributed by atoms with Gasteiger partial charge in [0.25, 0.3) is 0 Å². The average molecular weight is 283 g/mol. The molecule has 4 nitrogen and oxygen atoms in total. The minimum Gasteiger partial charge on any atom is -0.382 e. The van der Waals surface area contributed by atoms with Gasteiger partial charge in [0.2, 0.25) is 0 Å². The maximum absolute atomic E-state index is 6.10. The van der Waals surface area contributed by atoms with Crippen LogP contribution in [0.4, 0.5) is 5.82 Å². The highest BCUT2D eigenvalue weighted by Gasteiger charge is 2.12. The standard InChI is InChI=1S/C15H11ClN4/c16-13-8-12(10-3-6-18-7-4-10)14(20-15(13)17)11-2-1-5-19-9-11/h1-9H,(H2,17,20). The van der Waals surface area contributed by atoms with Crippen molar-refractivity contribution in [3.8, 4) is 22.4 Å². The van der Waals surface area contributed by atoms with Gasteiger partial charge in [-0.1, -0.05) is 11.6 Å². The Morgan fingerprint density at radius 3 is 2.45 bits per heavy atom. The molecular formula is C15H11ClN4. The summed E-state index contributed by atoms with van der Waals surface area (Å²) >= 11 is 6.10. The molecule has 3 rings (SSSR count). The van der Waals surface area contributed by atoms with E-state index in [-0.39, 0.29) is 0 Å². The SMILES string of the molecule is Nc1nc(-c2cccnc2)c(-c2ccncc2)cc1Cl. The van der Waals surface area contributed by atoms with Crippen LogP contribution in [0.3, 0.4) is 0 Å². The van der Waals surface area contributed by atoms with Gasteiger partial charge < -0.3 is 5.73 Å². The summed E-state index contributed by atoms with van der Waals surface area (Å²) in [5, 5.41) is 0.435. The van der Waals surface area contributed by atoms with Gasteiger partial charge in [0.05, 0.1) is 10.7 Å². The fourth-order valence-corrected chi connectivity index (χ4v) is 2.13. The summed E-state index contributed by atoms with van der Waals surface area (Å²) in [6.45, 7) is 0. The second-order valence-electron chi connectivity index (χ2n) is 4.23. The lowest BCUT2D eigenvalue weighted by molar-refractivity contribution is 1.28. The summed E-state index contributed by atoms with van der Waals surface area (Å²) in [5.41, 5.74) is 9.36. The van der Waals surface area contributed by atoms with Crippen LogP contribution in [0, 0.1) is 0 Å². The molecule has 5 heteroatoms. The summed E-state index contributed by atoms with van der Waals surface area (Å²) in [6.07, 6.45) is 6.93. The zero-order valence-electron chi connectivity index (χ0n) is 10.5. The van der Waals surface area contributed by atoms with Gasteiger partial charge >= 0.3 is 0 Å². The highest BCUT2D eigenvalue weighted by atomic mass is 35.5. The predicted molar refractivity (Wildman–Crippen MR) is 80.1 cm³/mol. The van der Waals surface area contributed by atoms with E-state index in [0.29, 0.717) is 10.8 Å². The Morgan fingerprint density at radius 2 is 1.75 bits per heavy atom. The van der Waals surface area contributed by atoms with E-state index in [9.17, 15) is 0 Å². The Morgan fingerprint density at radius 1 is 0.950 bits per heavy atom. The van der Waals surface area contributed by atoms with Crippen molar-refractivity contribution in [1.82, 2.24) is 15.0 Å². The first-order valence-corrected chi connectivity index (χ1v) is 6.40. The predicted octanol–water partition coefficient (Wildman–Crippen LogP) is 3.44. The van der Waals surface area contributed by atoms with Gasteiger partial charge in [0, 0.05) is 35.9 Å². The molecule has 20 heavy (non-hydrogen) atoms. The fraction of sp³-hybridized carbons (Fsp3) is 0. The van der Waals surface area contributed by atoms with Crippen molar-refractivity contribution < 1.29 is 0 Å². The van der Waals surface area contributed by atoms with Crippen molar-refractivity contribution in [2.24, 2.45) is 0 Å². The number of anilines is 1. The third-order valence-electron chi connectivity index (χ3n) is 2.93. The lowest BCUT2D eigenvalue weighted by atomic mass is 10.0. The number of aromatic nitrogens is 3. The molecule has 0 bridgehead atoms. The highest BCUT2D eigenvalue weighted by Crippen LogP contribution is 2.34. The van der Waals surface area contributed by atoms with E-state index in [2.05, 4.69) is 15.0 Å². The third-order valence-corrected chi connectivity index (χ3v) is 3.23. The molecule has 0 amide bonds. The molecule has 3 heterocycles. The van der Waals surface area contributed by atoms with Crippen LogP contribution < -0.4 is 5.73 Å². The second-order valence-corrected chi connectivity index (χ2v) is 4.64. The van der Waals surface area contributed by atoms with Crippen molar-refractivity contribution in [3.05, 3.63) is 60.1 Å². The van der Waals surface area contributed by atoms with Crippen LogP contribution in [0.5, 0.6) is 0 Å². The first-order chi connectivity index (χ1) is 9.75. The monoisotopic (exact) mass is 282 g/mol. The van der Waals surface area contributed by atoms with Crippen molar-refractivity contribution in [2.75, 3.05) is 5.73 Å². The lowest BCUT2D eigenvalue weighted by Crippen LogP contribution is -1.97. The Hall–Kier alpha value is -2.46. The Bertz CT molecular complexity index is 665. The number of rotatable bonds is 2. The van der Waals surface area contributed by atoms with Crippen LogP contribution in [0.25, 0.3) is 22.4 Å². The van der Waals surface area contributed by atoms with Crippen LogP contribution in [-0.2, 0) is 0 Å². The van der Waals surface area contributed by atoms with Gasteiger partial charge in [-0.2, -0.15) is 0 Å². The van der Waals surface area contributed by atoms with E-state index in [1.54, 1.807) is 24.8 Å². The molecule has 2 N–H and O–H groups in total. The van der Waals surface area contributed by atoms with Crippen LogP contribution in [0.1, 0.15) is 0 Å². The molecule has 0 atom stereocenters. The van der Waals surface area contributed by atoms with E-state index >= 15 is 0 Å². The summed E-state index contributed by atoms with van der Waals surface area (Å²) in [5.74, 6) is 0.309. The smallest absolute Gasteiger partial charge is 0.142 e. The maximum Gasteiger partial charge on any atom is 0.142 e. The van der Waals surface area contributed by atoms with Crippen molar-refractivity contribution in [1.29, 1.82) is 0 Å². The highest BCUT2D eigenvalue weighted by molar-refractivity contribution is 6.33. The largest absolute Gasteiger partial charge is 0.382 e. The van der Waals surface area contributed by atoms with Gasteiger partial charge in [0.1, 0.15) is 5.82 Å². The molecule has 0 spiro atoms. The van der Waals surface area contributed by atoms with Crippen molar-refractivity contribution >= 4 is 17.4 Å². The molecule has 0 radical (unpaired) electrons. The minimum absolute atomic E-state index is 0.309. The molecule has 98 valence electrons. The summed E-state index contributed by atoms with van der Waals surface area (Å²) in [4.78, 5) is 12.5. The van der Waals surface area contributed by atoms with Crippen molar-refractivity contribution in [2.45, 2.75) is 0 Å². The quantitative estimate of drug-likeness (QED) is 0.782. The molecule has 0 aromatic carbocycles. The lowest BCUT2D eigenvalue weighted by Gasteiger charge is -2.11. The molecular weight excluding hydrogens is 272 g/mol. The molecule has 0 fully saturated rings. The molecule has 0 aliphatic rings. The molecule has 0 saturated heterocycles. The maximum atomic E-state index is 6.10. The van der Waals surface area contributed by atoms with E-state index in [1.807, 2.05) is 30.3 Å². The average Bonchev–Trinajstić information content (AvgIpc) is 2.51. The summed E-state index contributed by atoms with van der Waals surface area (Å²) < 4.78 is 0. The third kappa shape index (κ3) is 2.33.